The van der Waals surface area contributed by atoms with Crippen LogP contribution in [-0.2, 0) is 6.54 Å². The van der Waals surface area contributed by atoms with Gasteiger partial charge in [0.2, 0.25) is 0 Å². The molecule has 0 aromatic heterocycles. The molecule has 1 rings (SSSR count). The maximum absolute atomic E-state index is 12.9. The van der Waals surface area contributed by atoms with Gasteiger partial charge in [-0.25, -0.2) is 4.39 Å². The van der Waals surface area contributed by atoms with Gasteiger partial charge in [0, 0.05) is 11.6 Å². The number of hydrogen-bond donors (Lipinski definition) is 1. The van der Waals surface area contributed by atoms with E-state index >= 15 is 0 Å². The number of benzene rings is 1. The molecule has 0 saturated carbocycles. The average Bonchev–Trinajstić information content (AvgIpc) is 2.23. The molecule has 1 aromatic rings. The second-order valence-corrected chi connectivity index (χ2v) is 4.79. The molecule has 1 nitrogen and oxygen atoms in total. The fourth-order valence-electron chi connectivity index (χ4n) is 1.25. The van der Waals surface area contributed by atoms with Crippen LogP contribution in [0.1, 0.15) is 18.4 Å². The number of unbranched alkanes of at least 4 members (excludes halogenated alkanes) is 1. The highest BCUT2D eigenvalue weighted by Crippen LogP contribution is 2.16. The monoisotopic (exact) mass is 341 g/mol. The number of alkyl halides is 1. The van der Waals surface area contributed by atoms with Crippen molar-refractivity contribution in [3.8, 4) is 0 Å². The lowest BCUT2D eigenvalue weighted by Gasteiger charge is -2.06. The van der Waals surface area contributed by atoms with Crippen molar-refractivity contribution in [2.75, 3.05) is 11.0 Å². The van der Waals surface area contributed by atoms with Crippen LogP contribution in [0.2, 0.25) is 5.02 Å². The van der Waals surface area contributed by atoms with Gasteiger partial charge >= 0.3 is 0 Å². The summed E-state index contributed by atoms with van der Waals surface area (Å²) in [6.07, 6.45) is 2.36. The van der Waals surface area contributed by atoms with E-state index in [0.29, 0.717) is 11.6 Å². The summed E-state index contributed by atoms with van der Waals surface area (Å²) in [4.78, 5) is 0. The van der Waals surface area contributed by atoms with Crippen molar-refractivity contribution in [3.63, 3.8) is 0 Å². The van der Waals surface area contributed by atoms with Crippen molar-refractivity contribution in [3.05, 3.63) is 34.6 Å². The summed E-state index contributed by atoms with van der Waals surface area (Å²) in [7, 11) is 0. The first-order valence-electron chi connectivity index (χ1n) is 4.94. The first-order chi connectivity index (χ1) is 7.24. The minimum Gasteiger partial charge on any atom is -0.313 e. The highest BCUT2D eigenvalue weighted by molar-refractivity contribution is 14.1. The van der Waals surface area contributed by atoms with Crippen LogP contribution in [0.4, 0.5) is 4.39 Å². The molecule has 0 atom stereocenters. The molecule has 0 saturated heterocycles. The zero-order chi connectivity index (χ0) is 11.1. The molecule has 0 fully saturated rings. The third-order valence-corrected chi connectivity index (χ3v) is 3.19. The number of rotatable bonds is 6. The lowest BCUT2D eigenvalue weighted by Crippen LogP contribution is -2.15. The molecule has 0 aliphatic rings. The van der Waals surface area contributed by atoms with E-state index < -0.39 is 0 Å². The molecule has 0 aliphatic carbocycles. The maximum atomic E-state index is 12.9. The third kappa shape index (κ3) is 5.13. The smallest absolute Gasteiger partial charge is 0.123 e. The topological polar surface area (TPSA) is 12.0 Å². The van der Waals surface area contributed by atoms with E-state index in [1.807, 2.05) is 0 Å². The van der Waals surface area contributed by atoms with Crippen LogP contribution in [0, 0.1) is 5.82 Å². The van der Waals surface area contributed by atoms with Crippen LogP contribution in [-0.4, -0.2) is 11.0 Å². The van der Waals surface area contributed by atoms with Crippen LogP contribution >= 0.6 is 34.2 Å². The molecule has 0 radical (unpaired) electrons. The summed E-state index contributed by atoms with van der Waals surface area (Å²) in [5, 5.41) is 3.87. The molecule has 84 valence electrons. The standard InChI is InChI=1S/C11H14ClFIN/c12-11-4-3-10(13)7-9(11)8-15-6-2-1-5-14/h3-4,7,15H,1-2,5-6,8H2. The Morgan fingerprint density at radius 3 is 2.87 bits per heavy atom. The second-order valence-electron chi connectivity index (χ2n) is 3.31. The molecule has 4 heteroatoms. The Morgan fingerprint density at radius 2 is 2.13 bits per heavy atom. The van der Waals surface area contributed by atoms with Gasteiger partial charge in [-0.2, -0.15) is 0 Å². The van der Waals surface area contributed by atoms with Gasteiger partial charge in [0.15, 0.2) is 0 Å². The van der Waals surface area contributed by atoms with Gasteiger partial charge in [-0.3, -0.25) is 0 Å². The Bertz CT molecular complexity index is 307. The largest absolute Gasteiger partial charge is 0.313 e. The molecule has 0 bridgehead atoms. The fourth-order valence-corrected chi connectivity index (χ4v) is 1.97. The van der Waals surface area contributed by atoms with Gasteiger partial charge < -0.3 is 5.32 Å². The number of halogens is 3. The second kappa shape index (κ2) is 7.41. The summed E-state index contributed by atoms with van der Waals surface area (Å²) in [6, 6.07) is 4.45. The quantitative estimate of drug-likeness (QED) is 0.472. The van der Waals surface area contributed by atoms with Crippen LogP contribution < -0.4 is 5.32 Å². The molecule has 0 spiro atoms. The lowest BCUT2D eigenvalue weighted by atomic mass is 10.2. The normalized spacial score (nSPS) is 10.6. The van der Waals surface area contributed by atoms with E-state index in [-0.39, 0.29) is 5.82 Å². The number of hydrogen-bond acceptors (Lipinski definition) is 1. The van der Waals surface area contributed by atoms with Crippen LogP contribution in [0.3, 0.4) is 0 Å². The summed E-state index contributed by atoms with van der Waals surface area (Å²) in [5.41, 5.74) is 0.825. The molecule has 0 aliphatic heterocycles. The molecule has 0 unspecified atom stereocenters. The zero-order valence-electron chi connectivity index (χ0n) is 8.40. The Morgan fingerprint density at radius 1 is 1.33 bits per heavy atom. The highest BCUT2D eigenvalue weighted by Gasteiger charge is 2.01. The van der Waals surface area contributed by atoms with Crippen molar-refractivity contribution in [2.24, 2.45) is 0 Å². The van der Waals surface area contributed by atoms with Crippen molar-refractivity contribution in [2.45, 2.75) is 19.4 Å². The van der Waals surface area contributed by atoms with Crippen LogP contribution in [0.5, 0.6) is 0 Å². The first kappa shape index (κ1) is 13.2. The van der Waals surface area contributed by atoms with E-state index in [2.05, 4.69) is 27.9 Å². The fraction of sp³-hybridized carbons (Fsp3) is 0.455. The molecular formula is C11H14ClFIN. The van der Waals surface area contributed by atoms with Crippen LogP contribution in [0.15, 0.2) is 18.2 Å². The molecular weight excluding hydrogens is 327 g/mol. The van der Waals surface area contributed by atoms with Crippen molar-refractivity contribution >= 4 is 34.2 Å². The van der Waals surface area contributed by atoms with Crippen LogP contribution in [0.25, 0.3) is 0 Å². The minimum atomic E-state index is -0.233. The van der Waals surface area contributed by atoms with Gasteiger partial charge in [0.05, 0.1) is 0 Å². The van der Waals surface area contributed by atoms with Gasteiger partial charge in [-0.05, 0) is 47.6 Å². The molecule has 15 heavy (non-hydrogen) atoms. The SMILES string of the molecule is Fc1ccc(Cl)c(CNCCCCI)c1. The van der Waals surface area contributed by atoms with Crippen molar-refractivity contribution < 1.29 is 4.39 Å². The van der Waals surface area contributed by atoms with Gasteiger partial charge in [-0.1, -0.05) is 34.2 Å². The Balaban J connectivity index is 2.33. The lowest BCUT2D eigenvalue weighted by molar-refractivity contribution is 0.615. The van der Waals surface area contributed by atoms with Gasteiger partial charge in [0.1, 0.15) is 5.82 Å². The first-order valence-corrected chi connectivity index (χ1v) is 6.85. The predicted octanol–water partition coefficient (Wildman–Crippen LogP) is 3.78. The summed E-state index contributed by atoms with van der Waals surface area (Å²) in [6.45, 7) is 1.59. The van der Waals surface area contributed by atoms with E-state index in [4.69, 9.17) is 11.6 Å². The maximum Gasteiger partial charge on any atom is 0.123 e. The average molecular weight is 342 g/mol. The van der Waals surface area contributed by atoms with E-state index in [1.54, 1.807) is 6.07 Å². The Hall–Kier alpha value is 0.130. The van der Waals surface area contributed by atoms with Gasteiger partial charge in [0.25, 0.3) is 0 Å². The minimum absolute atomic E-state index is 0.233. The molecule has 0 amide bonds. The summed E-state index contributed by atoms with van der Waals surface area (Å²) in [5.74, 6) is -0.233. The molecule has 1 aromatic carbocycles. The Kier molecular flexibility index (Phi) is 6.52. The van der Waals surface area contributed by atoms with Crippen molar-refractivity contribution in [1.29, 1.82) is 0 Å². The number of nitrogens with one attached hydrogen (secondary N) is 1. The highest BCUT2D eigenvalue weighted by atomic mass is 127. The third-order valence-electron chi connectivity index (χ3n) is 2.06. The van der Waals surface area contributed by atoms with E-state index in [0.717, 1.165) is 18.5 Å². The molecule has 0 heterocycles. The van der Waals surface area contributed by atoms with Crippen molar-refractivity contribution in [1.82, 2.24) is 5.32 Å². The summed E-state index contributed by atoms with van der Waals surface area (Å²) >= 11 is 8.29. The zero-order valence-corrected chi connectivity index (χ0v) is 11.3. The summed E-state index contributed by atoms with van der Waals surface area (Å²) < 4.78 is 14.1. The van der Waals surface area contributed by atoms with Gasteiger partial charge in [-0.15, -0.1) is 0 Å². The Labute approximate surface area is 109 Å². The van der Waals surface area contributed by atoms with E-state index in [1.165, 1.54) is 23.0 Å². The predicted molar refractivity (Wildman–Crippen MR) is 71.2 cm³/mol. The van der Waals surface area contributed by atoms with E-state index in [9.17, 15) is 4.39 Å². The molecule has 1 N–H and O–H groups in total.